The van der Waals surface area contributed by atoms with Crippen LogP contribution in [0.1, 0.15) is 19.8 Å². The van der Waals surface area contributed by atoms with Crippen LogP contribution in [0.2, 0.25) is 0 Å². The van der Waals surface area contributed by atoms with Crippen LogP contribution in [0.3, 0.4) is 0 Å². The molecule has 0 aromatic carbocycles. The Labute approximate surface area is 74.6 Å². The molecule has 1 saturated heterocycles. The summed E-state index contributed by atoms with van der Waals surface area (Å²) in [6.45, 7) is 4.75. The minimum atomic E-state index is -0.107. The molecule has 0 aromatic rings. The molecule has 2 nitrogen and oxygen atoms in total. The maximum Gasteiger partial charge on any atom is 0.0599 e. The molecule has 0 radical (unpaired) electrons. The molecule has 1 heterocycles. The Morgan fingerprint density at radius 3 is 3.00 bits per heavy atom. The van der Waals surface area contributed by atoms with Gasteiger partial charge in [0, 0.05) is 13.1 Å². The average Bonchev–Trinajstić information content (AvgIpc) is 2.09. The van der Waals surface area contributed by atoms with Crippen molar-refractivity contribution < 1.29 is 5.11 Å². The second-order valence-electron chi connectivity index (χ2n) is 3.46. The smallest absolute Gasteiger partial charge is 0.0599 e. The first kappa shape index (κ1) is 9.57. The molecule has 2 heteroatoms. The van der Waals surface area contributed by atoms with Gasteiger partial charge < -0.3 is 5.11 Å². The fourth-order valence-corrected chi connectivity index (χ4v) is 1.77. The van der Waals surface area contributed by atoms with Crippen LogP contribution in [-0.4, -0.2) is 35.7 Å². The molecule has 1 N–H and O–H groups in total. The highest BCUT2D eigenvalue weighted by Gasteiger charge is 2.25. The Kier molecular flexibility index (Phi) is 3.58. The summed E-state index contributed by atoms with van der Waals surface area (Å²) in [4.78, 5) is 2.24. The molecule has 68 valence electrons. The highest BCUT2D eigenvalue weighted by Crippen LogP contribution is 2.19. The topological polar surface area (TPSA) is 23.5 Å². The van der Waals surface area contributed by atoms with E-state index < -0.39 is 0 Å². The minimum absolute atomic E-state index is 0.107. The van der Waals surface area contributed by atoms with Crippen LogP contribution in [-0.2, 0) is 0 Å². The van der Waals surface area contributed by atoms with Gasteiger partial charge in [-0.05, 0) is 18.8 Å². The Morgan fingerprint density at radius 2 is 2.42 bits per heavy atom. The van der Waals surface area contributed by atoms with E-state index in [-0.39, 0.29) is 6.10 Å². The predicted octanol–water partition coefficient (Wildman–Crippen LogP) is 0.712. The lowest BCUT2D eigenvalue weighted by Crippen LogP contribution is -2.42. The van der Waals surface area contributed by atoms with Gasteiger partial charge in [0.05, 0.1) is 12.6 Å². The lowest BCUT2D eigenvalue weighted by Gasteiger charge is -2.34. The summed E-state index contributed by atoms with van der Waals surface area (Å²) >= 11 is 0. The molecule has 12 heavy (non-hydrogen) atoms. The summed E-state index contributed by atoms with van der Waals surface area (Å²) in [5.41, 5.74) is 0. The molecule has 0 saturated carbocycles. The first-order chi connectivity index (χ1) is 5.77. The van der Waals surface area contributed by atoms with Crippen LogP contribution in [0.15, 0.2) is 0 Å². The van der Waals surface area contributed by atoms with Crippen molar-refractivity contribution in [1.29, 1.82) is 0 Å². The van der Waals surface area contributed by atoms with Crippen molar-refractivity contribution in [2.75, 3.05) is 19.6 Å². The van der Waals surface area contributed by atoms with Gasteiger partial charge in [-0.25, -0.2) is 0 Å². The number of hydrogen-bond donors (Lipinski definition) is 1. The number of terminal acetylenes is 1. The monoisotopic (exact) mass is 167 g/mol. The zero-order valence-corrected chi connectivity index (χ0v) is 7.66. The van der Waals surface area contributed by atoms with Crippen molar-refractivity contribution in [1.82, 2.24) is 4.90 Å². The Bertz CT molecular complexity index is 173. The first-order valence-electron chi connectivity index (χ1n) is 4.61. The summed E-state index contributed by atoms with van der Waals surface area (Å²) < 4.78 is 0. The molecule has 1 aliphatic rings. The second-order valence-corrected chi connectivity index (χ2v) is 3.46. The van der Waals surface area contributed by atoms with E-state index in [9.17, 15) is 5.11 Å². The molecule has 0 spiro atoms. The summed E-state index contributed by atoms with van der Waals surface area (Å²) in [6.07, 6.45) is 7.04. The number of aliphatic hydroxyl groups excluding tert-OH is 1. The molecule has 1 aliphatic heterocycles. The van der Waals surface area contributed by atoms with E-state index in [0.29, 0.717) is 5.92 Å². The largest absolute Gasteiger partial charge is 0.393 e. The Morgan fingerprint density at radius 1 is 1.67 bits per heavy atom. The van der Waals surface area contributed by atoms with Crippen molar-refractivity contribution >= 4 is 0 Å². The fraction of sp³-hybridized carbons (Fsp3) is 0.800. The van der Waals surface area contributed by atoms with E-state index >= 15 is 0 Å². The third-order valence-electron chi connectivity index (χ3n) is 2.62. The number of piperidine rings is 1. The summed E-state index contributed by atoms with van der Waals surface area (Å²) in [5, 5.41) is 9.58. The van der Waals surface area contributed by atoms with Crippen LogP contribution in [0.5, 0.6) is 0 Å². The number of likely N-dealkylation sites (tertiary alicyclic amines) is 1. The highest BCUT2D eigenvalue weighted by molar-refractivity contribution is 4.91. The summed E-state index contributed by atoms with van der Waals surface area (Å²) in [5.74, 6) is 3.06. The van der Waals surface area contributed by atoms with Crippen LogP contribution in [0, 0.1) is 18.3 Å². The zero-order valence-electron chi connectivity index (χ0n) is 7.66. The summed E-state index contributed by atoms with van der Waals surface area (Å²) in [7, 11) is 0. The number of hydrogen-bond acceptors (Lipinski definition) is 2. The third-order valence-corrected chi connectivity index (χ3v) is 2.62. The van der Waals surface area contributed by atoms with E-state index in [2.05, 4.69) is 17.7 Å². The Balaban J connectivity index is 2.39. The minimum Gasteiger partial charge on any atom is -0.393 e. The van der Waals surface area contributed by atoms with Gasteiger partial charge in [0.1, 0.15) is 0 Å². The number of aliphatic hydroxyl groups is 1. The van der Waals surface area contributed by atoms with Gasteiger partial charge in [-0.3, -0.25) is 4.90 Å². The van der Waals surface area contributed by atoms with Crippen LogP contribution in [0.4, 0.5) is 0 Å². The normalized spacial score (nSPS) is 31.4. The number of nitrogens with zero attached hydrogens (tertiary/aromatic N) is 1. The second kappa shape index (κ2) is 4.49. The lowest BCUT2D eigenvalue weighted by molar-refractivity contribution is 0.0302. The van der Waals surface area contributed by atoms with Crippen LogP contribution >= 0.6 is 0 Å². The van der Waals surface area contributed by atoms with Gasteiger partial charge in [0.25, 0.3) is 0 Å². The molecule has 1 fully saturated rings. The average molecular weight is 167 g/mol. The van der Waals surface area contributed by atoms with Gasteiger partial charge in [-0.2, -0.15) is 0 Å². The lowest BCUT2D eigenvalue weighted by atomic mass is 9.92. The van der Waals surface area contributed by atoms with E-state index in [4.69, 9.17) is 6.42 Å². The van der Waals surface area contributed by atoms with E-state index in [1.807, 2.05) is 0 Å². The molecule has 0 aromatic heterocycles. The van der Waals surface area contributed by atoms with E-state index in [1.54, 1.807) is 0 Å². The molecule has 2 atom stereocenters. The van der Waals surface area contributed by atoms with Crippen molar-refractivity contribution in [3.8, 4) is 12.3 Å². The molecule has 1 rings (SSSR count). The summed E-state index contributed by atoms with van der Waals surface area (Å²) in [6, 6.07) is 0. The maximum absolute atomic E-state index is 9.58. The van der Waals surface area contributed by atoms with Gasteiger partial charge in [-0.1, -0.05) is 12.8 Å². The van der Waals surface area contributed by atoms with Gasteiger partial charge in [0.2, 0.25) is 0 Å². The quantitative estimate of drug-likeness (QED) is 0.612. The van der Waals surface area contributed by atoms with Crippen molar-refractivity contribution in [2.45, 2.75) is 25.9 Å². The molecule has 0 bridgehead atoms. The Hall–Kier alpha value is -0.520. The maximum atomic E-state index is 9.58. The third kappa shape index (κ3) is 2.23. The van der Waals surface area contributed by atoms with Crippen LogP contribution < -0.4 is 0 Å². The molecule has 0 amide bonds. The van der Waals surface area contributed by atoms with Crippen molar-refractivity contribution in [3.63, 3.8) is 0 Å². The van der Waals surface area contributed by atoms with Crippen LogP contribution in [0.25, 0.3) is 0 Å². The standard InChI is InChI=1S/C10H17NO/c1-3-6-11-7-5-10(12)9(4-2)8-11/h1,9-10,12H,4-8H2,2H3. The van der Waals surface area contributed by atoms with Gasteiger partial charge in [0.15, 0.2) is 0 Å². The zero-order chi connectivity index (χ0) is 8.97. The van der Waals surface area contributed by atoms with E-state index in [0.717, 1.165) is 32.5 Å². The molecular weight excluding hydrogens is 150 g/mol. The van der Waals surface area contributed by atoms with Gasteiger partial charge >= 0.3 is 0 Å². The van der Waals surface area contributed by atoms with Crippen molar-refractivity contribution in [2.24, 2.45) is 5.92 Å². The molecule has 0 aliphatic carbocycles. The van der Waals surface area contributed by atoms with E-state index in [1.165, 1.54) is 0 Å². The van der Waals surface area contributed by atoms with Gasteiger partial charge in [-0.15, -0.1) is 6.42 Å². The number of rotatable bonds is 2. The fourth-order valence-electron chi connectivity index (χ4n) is 1.77. The van der Waals surface area contributed by atoms with Crippen molar-refractivity contribution in [3.05, 3.63) is 0 Å². The SMILES string of the molecule is C#CCN1CCC(O)C(CC)C1. The highest BCUT2D eigenvalue weighted by atomic mass is 16.3. The molecule has 2 unspecified atom stereocenters. The predicted molar refractivity (Wildman–Crippen MR) is 49.7 cm³/mol. The first-order valence-corrected chi connectivity index (χ1v) is 4.61. The molecular formula is C10H17NO.